The lowest BCUT2D eigenvalue weighted by Gasteiger charge is -2.13. The molecule has 0 fully saturated rings. The second kappa shape index (κ2) is 7.79. The molecular formula is C11H17NO3. The molecule has 0 aliphatic heterocycles. The molecule has 0 aromatic heterocycles. The van der Waals surface area contributed by atoms with E-state index in [0.717, 1.165) is 0 Å². The van der Waals surface area contributed by atoms with E-state index < -0.39 is 5.97 Å². The van der Waals surface area contributed by atoms with E-state index in [-0.39, 0.29) is 12.5 Å². The Morgan fingerprint density at radius 3 is 2.53 bits per heavy atom. The van der Waals surface area contributed by atoms with Crippen molar-refractivity contribution >= 4 is 11.9 Å². The van der Waals surface area contributed by atoms with Crippen LogP contribution >= 0.6 is 0 Å². The molecule has 0 aliphatic carbocycles. The SMILES string of the molecule is CC=CC=CC(=O)N(C)CC(=O)OCC. The third-order valence-electron chi connectivity index (χ3n) is 1.59. The zero-order chi connectivity index (χ0) is 11.7. The van der Waals surface area contributed by atoms with E-state index in [0.29, 0.717) is 6.61 Å². The van der Waals surface area contributed by atoms with Crippen molar-refractivity contribution in [1.29, 1.82) is 0 Å². The summed E-state index contributed by atoms with van der Waals surface area (Å²) >= 11 is 0. The van der Waals surface area contributed by atoms with Crippen molar-refractivity contribution in [3.8, 4) is 0 Å². The highest BCUT2D eigenvalue weighted by Gasteiger charge is 2.10. The lowest BCUT2D eigenvalue weighted by Crippen LogP contribution is -2.31. The molecular weight excluding hydrogens is 194 g/mol. The quantitative estimate of drug-likeness (QED) is 0.389. The summed E-state index contributed by atoms with van der Waals surface area (Å²) in [7, 11) is 1.55. The van der Waals surface area contributed by atoms with Crippen LogP contribution in [0.5, 0.6) is 0 Å². The van der Waals surface area contributed by atoms with E-state index in [2.05, 4.69) is 0 Å². The molecule has 0 heterocycles. The molecule has 0 N–H and O–H groups in total. The van der Waals surface area contributed by atoms with Crippen molar-refractivity contribution in [2.24, 2.45) is 0 Å². The highest BCUT2D eigenvalue weighted by molar-refractivity contribution is 5.90. The second-order valence-electron chi connectivity index (χ2n) is 2.88. The van der Waals surface area contributed by atoms with E-state index in [1.807, 2.05) is 13.0 Å². The monoisotopic (exact) mass is 211 g/mol. The maximum atomic E-state index is 11.4. The molecule has 0 spiro atoms. The molecule has 0 atom stereocenters. The smallest absolute Gasteiger partial charge is 0.325 e. The molecule has 0 bridgehead atoms. The lowest BCUT2D eigenvalue weighted by atomic mass is 10.4. The van der Waals surface area contributed by atoms with Gasteiger partial charge in [-0.25, -0.2) is 0 Å². The molecule has 1 amide bonds. The van der Waals surface area contributed by atoms with Crippen LogP contribution in [0, 0.1) is 0 Å². The average molecular weight is 211 g/mol. The molecule has 0 aromatic rings. The Balaban J connectivity index is 4.04. The lowest BCUT2D eigenvalue weighted by molar-refractivity contribution is -0.147. The fourth-order valence-corrected chi connectivity index (χ4v) is 0.854. The zero-order valence-corrected chi connectivity index (χ0v) is 9.40. The van der Waals surface area contributed by atoms with Crippen molar-refractivity contribution in [2.75, 3.05) is 20.2 Å². The zero-order valence-electron chi connectivity index (χ0n) is 9.40. The fraction of sp³-hybridized carbons (Fsp3) is 0.455. The Morgan fingerprint density at radius 1 is 1.33 bits per heavy atom. The summed E-state index contributed by atoms with van der Waals surface area (Å²) in [6.07, 6.45) is 6.59. The topological polar surface area (TPSA) is 46.6 Å². The molecule has 0 radical (unpaired) electrons. The Hall–Kier alpha value is -1.58. The Kier molecular flexibility index (Phi) is 6.97. The maximum absolute atomic E-state index is 11.4. The van der Waals surface area contributed by atoms with E-state index >= 15 is 0 Å². The number of amides is 1. The first-order chi connectivity index (χ1) is 7.11. The predicted octanol–water partition coefficient (Wildman–Crippen LogP) is 1.14. The fourth-order valence-electron chi connectivity index (χ4n) is 0.854. The maximum Gasteiger partial charge on any atom is 0.325 e. The summed E-state index contributed by atoms with van der Waals surface area (Å²) in [5.41, 5.74) is 0. The minimum atomic E-state index is -0.396. The molecule has 0 aromatic carbocycles. The van der Waals surface area contributed by atoms with Crippen LogP contribution in [0.15, 0.2) is 24.3 Å². The summed E-state index contributed by atoms with van der Waals surface area (Å²) < 4.78 is 4.72. The van der Waals surface area contributed by atoms with Crippen molar-refractivity contribution in [1.82, 2.24) is 4.90 Å². The van der Waals surface area contributed by atoms with Gasteiger partial charge >= 0.3 is 5.97 Å². The molecule has 84 valence electrons. The van der Waals surface area contributed by atoms with Crippen LogP contribution < -0.4 is 0 Å². The van der Waals surface area contributed by atoms with Crippen molar-refractivity contribution in [3.63, 3.8) is 0 Å². The molecule has 0 unspecified atom stereocenters. The van der Waals surface area contributed by atoms with Gasteiger partial charge in [0.15, 0.2) is 0 Å². The minimum Gasteiger partial charge on any atom is -0.465 e. The number of likely N-dealkylation sites (N-methyl/N-ethyl adjacent to an activating group) is 1. The number of nitrogens with zero attached hydrogens (tertiary/aromatic N) is 1. The Bertz CT molecular complexity index is 269. The van der Waals surface area contributed by atoms with E-state index in [1.54, 1.807) is 26.1 Å². The van der Waals surface area contributed by atoms with Gasteiger partial charge in [0.1, 0.15) is 6.54 Å². The molecule has 0 saturated carbocycles. The number of allylic oxidation sites excluding steroid dienone is 3. The van der Waals surface area contributed by atoms with Crippen LogP contribution in [0.25, 0.3) is 0 Å². The van der Waals surface area contributed by atoms with Gasteiger partial charge in [-0.05, 0) is 13.8 Å². The normalized spacial score (nSPS) is 10.9. The summed E-state index contributed by atoms with van der Waals surface area (Å²) in [6.45, 7) is 3.89. The molecule has 15 heavy (non-hydrogen) atoms. The van der Waals surface area contributed by atoms with Gasteiger partial charge < -0.3 is 9.64 Å². The van der Waals surface area contributed by atoms with Crippen LogP contribution in [0.4, 0.5) is 0 Å². The van der Waals surface area contributed by atoms with Gasteiger partial charge in [-0.2, -0.15) is 0 Å². The number of ether oxygens (including phenoxy) is 1. The van der Waals surface area contributed by atoms with Gasteiger partial charge in [0.2, 0.25) is 5.91 Å². The third-order valence-corrected chi connectivity index (χ3v) is 1.59. The number of carbonyl (C=O) groups excluding carboxylic acids is 2. The van der Waals surface area contributed by atoms with E-state index in [9.17, 15) is 9.59 Å². The summed E-state index contributed by atoms with van der Waals surface area (Å²) in [5, 5.41) is 0. The van der Waals surface area contributed by atoms with E-state index in [4.69, 9.17) is 4.74 Å². The third kappa shape index (κ3) is 6.49. The molecule has 0 saturated heterocycles. The molecule has 0 aliphatic rings. The summed E-state index contributed by atoms with van der Waals surface area (Å²) in [6, 6.07) is 0. The van der Waals surface area contributed by atoms with Crippen LogP contribution in [-0.2, 0) is 14.3 Å². The number of carbonyl (C=O) groups is 2. The first-order valence-corrected chi connectivity index (χ1v) is 4.81. The van der Waals surface area contributed by atoms with Gasteiger partial charge in [0.25, 0.3) is 0 Å². The summed E-state index contributed by atoms with van der Waals surface area (Å²) in [5.74, 6) is -0.617. The van der Waals surface area contributed by atoms with Crippen LogP contribution in [0.1, 0.15) is 13.8 Å². The Morgan fingerprint density at radius 2 is 2.00 bits per heavy atom. The molecule has 4 nitrogen and oxygen atoms in total. The highest BCUT2D eigenvalue weighted by atomic mass is 16.5. The average Bonchev–Trinajstić information content (AvgIpc) is 2.18. The first kappa shape index (κ1) is 13.4. The van der Waals surface area contributed by atoms with E-state index in [1.165, 1.54) is 11.0 Å². The van der Waals surface area contributed by atoms with Crippen LogP contribution in [-0.4, -0.2) is 37.0 Å². The molecule has 0 rings (SSSR count). The van der Waals surface area contributed by atoms with Gasteiger partial charge in [-0.3, -0.25) is 9.59 Å². The van der Waals surface area contributed by atoms with Gasteiger partial charge in [-0.15, -0.1) is 0 Å². The first-order valence-electron chi connectivity index (χ1n) is 4.81. The predicted molar refractivity (Wildman–Crippen MR) is 58.2 cm³/mol. The Labute approximate surface area is 90.2 Å². The van der Waals surface area contributed by atoms with Crippen LogP contribution in [0.2, 0.25) is 0 Å². The number of esters is 1. The van der Waals surface area contributed by atoms with Gasteiger partial charge in [0, 0.05) is 13.1 Å². The minimum absolute atomic E-state index is 0.0210. The highest BCUT2D eigenvalue weighted by Crippen LogP contribution is 1.90. The number of rotatable bonds is 5. The largest absolute Gasteiger partial charge is 0.465 e. The summed E-state index contributed by atoms with van der Waals surface area (Å²) in [4.78, 5) is 23.7. The van der Waals surface area contributed by atoms with Crippen molar-refractivity contribution in [3.05, 3.63) is 24.3 Å². The van der Waals surface area contributed by atoms with Gasteiger partial charge in [-0.1, -0.05) is 18.2 Å². The number of hydrogen-bond acceptors (Lipinski definition) is 3. The van der Waals surface area contributed by atoms with Gasteiger partial charge in [0.05, 0.1) is 6.61 Å². The molecule has 4 heteroatoms. The number of hydrogen-bond donors (Lipinski definition) is 0. The standard InChI is InChI=1S/C11H17NO3/c1-4-6-7-8-10(13)12(3)9-11(14)15-5-2/h4,6-8H,5,9H2,1-3H3. The van der Waals surface area contributed by atoms with Crippen molar-refractivity contribution in [2.45, 2.75) is 13.8 Å². The van der Waals surface area contributed by atoms with Crippen molar-refractivity contribution < 1.29 is 14.3 Å². The van der Waals surface area contributed by atoms with Crippen LogP contribution in [0.3, 0.4) is 0 Å². The second-order valence-corrected chi connectivity index (χ2v) is 2.88.